The fraction of sp³-hybridized carbons (Fsp3) is 0.263. The summed E-state index contributed by atoms with van der Waals surface area (Å²) in [5.74, 6) is 0.724. The van der Waals surface area contributed by atoms with Gasteiger partial charge < -0.3 is 24.6 Å². The Bertz CT molecular complexity index is 1040. The lowest BCUT2D eigenvalue weighted by Gasteiger charge is -2.07. The molecule has 152 valence electrons. The van der Waals surface area contributed by atoms with E-state index in [1.165, 1.54) is 10.7 Å². The molecule has 0 radical (unpaired) electrons. The van der Waals surface area contributed by atoms with E-state index in [1.807, 2.05) is 6.92 Å². The Labute approximate surface area is 171 Å². The molecule has 1 aromatic carbocycles. The maximum Gasteiger partial charge on any atom is 0.390 e. The number of furan rings is 1. The molecule has 0 aliphatic heterocycles. The number of hydrogen-bond donors (Lipinski definition) is 1. The molecule has 2 aromatic heterocycles. The Morgan fingerprint density at radius 1 is 1.31 bits per heavy atom. The van der Waals surface area contributed by atoms with Gasteiger partial charge in [-0.3, -0.25) is 4.79 Å². The summed E-state index contributed by atoms with van der Waals surface area (Å²) in [7, 11) is 0. The fourth-order valence-corrected chi connectivity index (χ4v) is 2.90. The summed E-state index contributed by atoms with van der Waals surface area (Å²) in [6, 6.07) is 9.92. The lowest BCUT2D eigenvalue weighted by Crippen LogP contribution is -2.27. The Balaban J connectivity index is 1.50. The van der Waals surface area contributed by atoms with Crippen molar-refractivity contribution in [2.24, 2.45) is 0 Å². The molecule has 0 saturated heterocycles. The third kappa shape index (κ3) is 5.14. The second-order valence-electron chi connectivity index (χ2n) is 6.34. The van der Waals surface area contributed by atoms with Crippen molar-refractivity contribution in [3.05, 3.63) is 74.3 Å². The van der Waals surface area contributed by atoms with E-state index in [1.54, 1.807) is 37.3 Å². The number of ether oxygens (including phenoxy) is 1. The molecule has 0 fully saturated rings. The second-order valence-corrected chi connectivity index (χ2v) is 6.78. The summed E-state index contributed by atoms with van der Waals surface area (Å²) in [5, 5.41) is 17.9. The zero-order valence-corrected chi connectivity index (χ0v) is 16.6. The van der Waals surface area contributed by atoms with Gasteiger partial charge in [0, 0.05) is 11.6 Å². The van der Waals surface area contributed by atoms with Gasteiger partial charge >= 0.3 is 5.82 Å². The highest BCUT2D eigenvalue weighted by atomic mass is 35.5. The van der Waals surface area contributed by atoms with Crippen molar-refractivity contribution >= 4 is 23.3 Å². The van der Waals surface area contributed by atoms with Gasteiger partial charge in [0.15, 0.2) is 5.76 Å². The summed E-state index contributed by atoms with van der Waals surface area (Å²) in [5.41, 5.74) is 1.54. The van der Waals surface area contributed by atoms with Gasteiger partial charge in [-0.2, -0.15) is 4.68 Å². The second kappa shape index (κ2) is 8.78. The molecule has 3 aromatic rings. The van der Waals surface area contributed by atoms with Crippen LogP contribution in [0.1, 0.15) is 27.6 Å². The molecule has 1 N–H and O–H groups in total. The zero-order chi connectivity index (χ0) is 21.0. The number of aromatic nitrogens is 2. The third-order valence-corrected chi connectivity index (χ3v) is 4.39. The van der Waals surface area contributed by atoms with Gasteiger partial charge in [-0.05, 0) is 54.7 Å². The largest absolute Gasteiger partial charge is 0.485 e. The Morgan fingerprint density at radius 2 is 2.10 bits per heavy atom. The van der Waals surface area contributed by atoms with Crippen LogP contribution in [-0.2, 0) is 13.2 Å². The van der Waals surface area contributed by atoms with Gasteiger partial charge in [-0.25, -0.2) is 0 Å². The average Bonchev–Trinajstić information content (AvgIpc) is 3.28. The first-order chi connectivity index (χ1) is 13.8. The van der Waals surface area contributed by atoms with E-state index in [-0.39, 0.29) is 24.7 Å². The van der Waals surface area contributed by atoms with Gasteiger partial charge in [0.05, 0.1) is 23.4 Å². The van der Waals surface area contributed by atoms with E-state index in [9.17, 15) is 14.9 Å². The highest BCUT2D eigenvalue weighted by Crippen LogP contribution is 2.23. The number of rotatable bonds is 8. The fourth-order valence-electron chi connectivity index (χ4n) is 2.67. The predicted octanol–water partition coefficient (Wildman–Crippen LogP) is 3.66. The number of amides is 1. The van der Waals surface area contributed by atoms with Crippen molar-refractivity contribution in [2.45, 2.75) is 27.0 Å². The SMILES string of the molecule is Cc1cc(Cl)ccc1OCc1ccc(C(=O)NCCn2nc([N+](=O)[O-])cc2C)o1. The molecule has 0 atom stereocenters. The Hall–Kier alpha value is -3.33. The van der Waals surface area contributed by atoms with Crippen molar-refractivity contribution in [1.29, 1.82) is 0 Å². The molecule has 0 aliphatic carbocycles. The number of carbonyl (C=O) groups is 1. The van der Waals surface area contributed by atoms with E-state index in [0.29, 0.717) is 28.8 Å². The first-order valence-corrected chi connectivity index (χ1v) is 9.16. The van der Waals surface area contributed by atoms with Crippen molar-refractivity contribution in [3.8, 4) is 5.75 Å². The summed E-state index contributed by atoms with van der Waals surface area (Å²) in [4.78, 5) is 22.4. The first-order valence-electron chi connectivity index (χ1n) is 8.78. The number of halogens is 1. The number of nitrogens with one attached hydrogen (secondary N) is 1. The number of aryl methyl sites for hydroxylation is 2. The van der Waals surface area contributed by atoms with Crippen LogP contribution < -0.4 is 10.1 Å². The topological polar surface area (TPSA) is 112 Å². The molecule has 2 heterocycles. The minimum absolute atomic E-state index is 0.152. The van der Waals surface area contributed by atoms with Crippen LogP contribution in [0.4, 0.5) is 5.82 Å². The van der Waals surface area contributed by atoms with Crippen molar-refractivity contribution in [1.82, 2.24) is 15.1 Å². The number of hydrogen-bond acceptors (Lipinski definition) is 6. The van der Waals surface area contributed by atoms with Crippen LogP contribution in [0.2, 0.25) is 5.02 Å². The van der Waals surface area contributed by atoms with Gasteiger partial charge in [-0.1, -0.05) is 11.6 Å². The third-order valence-electron chi connectivity index (χ3n) is 4.16. The van der Waals surface area contributed by atoms with E-state index in [0.717, 1.165) is 5.56 Å². The van der Waals surface area contributed by atoms with Crippen LogP contribution in [-0.4, -0.2) is 27.2 Å². The van der Waals surface area contributed by atoms with Crippen molar-refractivity contribution < 1.29 is 18.9 Å². The smallest absolute Gasteiger partial charge is 0.390 e. The number of nitro groups is 1. The standard InChI is InChI=1S/C19H19ClN4O5/c1-12-9-14(20)3-5-16(12)28-11-15-4-6-17(29-15)19(25)21-7-8-23-13(2)10-18(22-23)24(26)27/h3-6,9-10H,7-8,11H2,1-2H3,(H,21,25). The maximum absolute atomic E-state index is 12.2. The minimum Gasteiger partial charge on any atom is -0.485 e. The summed E-state index contributed by atoms with van der Waals surface area (Å²) < 4.78 is 12.7. The molecule has 10 heteroatoms. The van der Waals surface area contributed by atoms with Gasteiger partial charge in [0.1, 0.15) is 18.1 Å². The van der Waals surface area contributed by atoms with Crippen LogP contribution in [0.15, 0.2) is 40.8 Å². The molecule has 0 aliphatic rings. The Morgan fingerprint density at radius 3 is 2.79 bits per heavy atom. The molecule has 0 spiro atoms. The molecule has 9 nitrogen and oxygen atoms in total. The summed E-state index contributed by atoms with van der Waals surface area (Å²) in [6.45, 7) is 4.32. The van der Waals surface area contributed by atoms with Crippen molar-refractivity contribution in [2.75, 3.05) is 6.54 Å². The van der Waals surface area contributed by atoms with E-state index >= 15 is 0 Å². The van der Waals surface area contributed by atoms with Gasteiger partial charge in [0.2, 0.25) is 0 Å². The molecular formula is C19H19ClN4O5. The molecule has 0 saturated carbocycles. The highest BCUT2D eigenvalue weighted by Gasteiger charge is 2.16. The predicted molar refractivity (Wildman–Crippen MR) is 105 cm³/mol. The molecule has 29 heavy (non-hydrogen) atoms. The Kier molecular flexibility index (Phi) is 6.18. The van der Waals surface area contributed by atoms with Crippen LogP contribution in [0.3, 0.4) is 0 Å². The maximum atomic E-state index is 12.2. The monoisotopic (exact) mass is 418 g/mol. The number of benzene rings is 1. The lowest BCUT2D eigenvalue weighted by molar-refractivity contribution is -0.389. The van der Waals surface area contributed by atoms with Crippen LogP contribution in [0.25, 0.3) is 0 Å². The molecule has 3 rings (SSSR count). The average molecular weight is 419 g/mol. The van der Waals surface area contributed by atoms with E-state index in [2.05, 4.69) is 10.4 Å². The van der Waals surface area contributed by atoms with Crippen LogP contribution >= 0.6 is 11.6 Å². The lowest BCUT2D eigenvalue weighted by atomic mass is 10.2. The van der Waals surface area contributed by atoms with Gasteiger partial charge in [-0.15, -0.1) is 0 Å². The zero-order valence-electron chi connectivity index (χ0n) is 15.8. The summed E-state index contributed by atoms with van der Waals surface area (Å²) >= 11 is 5.92. The molecule has 0 unspecified atom stereocenters. The van der Waals surface area contributed by atoms with Gasteiger partial charge in [0.25, 0.3) is 5.91 Å². The molecule has 0 bridgehead atoms. The summed E-state index contributed by atoms with van der Waals surface area (Å²) in [6.07, 6.45) is 0. The minimum atomic E-state index is -0.555. The number of nitrogens with zero attached hydrogens (tertiary/aromatic N) is 3. The van der Waals surface area contributed by atoms with E-state index < -0.39 is 10.8 Å². The van der Waals surface area contributed by atoms with E-state index in [4.69, 9.17) is 20.8 Å². The highest BCUT2D eigenvalue weighted by molar-refractivity contribution is 6.30. The van der Waals surface area contributed by atoms with Crippen LogP contribution in [0, 0.1) is 24.0 Å². The molecular weight excluding hydrogens is 400 g/mol. The quantitative estimate of drug-likeness (QED) is 0.441. The first kappa shape index (κ1) is 20.4. The number of carbonyl (C=O) groups excluding carboxylic acids is 1. The van der Waals surface area contributed by atoms with Crippen LogP contribution in [0.5, 0.6) is 5.75 Å². The van der Waals surface area contributed by atoms with Crippen molar-refractivity contribution in [3.63, 3.8) is 0 Å². The molecule has 1 amide bonds. The normalized spacial score (nSPS) is 10.7.